The van der Waals surface area contributed by atoms with Gasteiger partial charge in [0.1, 0.15) is 10.8 Å². The number of carbonyl (C=O) groups excluding carboxylic acids is 1. The van der Waals surface area contributed by atoms with Crippen LogP contribution in [0.1, 0.15) is 18.2 Å². The molecule has 0 bridgehead atoms. The monoisotopic (exact) mass is 307 g/mol. The van der Waals surface area contributed by atoms with Crippen LogP contribution in [0.5, 0.6) is 0 Å². The molecule has 0 atom stereocenters. The number of ether oxygens (including phenoxy) is 2. The number of hydrogen-bond acceptors (Lipinski definition) is 6. The molecule has 2 N–H and O–H groups in total. The summed E-state index contributed by atoms with van der Waals surface area (Å²) in [5.41, 5.74) is 0. The fourth-order valence-corrected chi connectivity index (χ4v) is 3.02. The van der Waals surface area contributed by atoms with Crippen molar-refractivity contribution in [1.82, 2.24) is 0 Å². The van der Waals surface area contributed by atoms with Crippen molar-refractivity contribution in [2.24, 2.45) is 5.14 Å². The van der Waals surface area contributed by atoms with E-state index < -0.39 is 16.0 Å². The highest BCUT2D eigenvalue weighted by Crippen LogP contribution is 2.20. The Morgan fingerprint density at radius 1 is 1.32 bits per heavy atom. The maximum atomic E-state index is 11.5. The molecule has 0 aromatic carbocycles. The Kier molecular flexibility index (Phi) is 6.43. The van der Waals surface area contributed by atoms with Gasteiger partial charge in [0.15, 0.2) is 0 Å². The van der Waals surface area contributed by atoms with Crippen molar-refractivity contribution in [1.29, 1.82) is 0 Å². The van der Waals surface area contributed by atoms with Crippen LogP contribution in [-0.4, -0.2) is 34.2 Å². The molecular formula is C11H17NO5S2. The standard InChI is InChI=1S/C11H17NO5S2/c1-2-5-16-6-7-17-10(13)8-9-3-4-11(18-9)19(12,14)15/h3-4H,2,5-8H2,1H3,(H2,12,14,15). The Hall–Kier alpha value is -0.960. The Bertz CT molecular complexity index is 509. The fourth-order valence-electron chi connectivity index (χ4n) is 1.26. The minimum atomic E-state index is -3.70. The second-order valence-electron chi connectivity index (χ2n) is 3.78. The van der Waals surface area contributed by atoms with Gasteiger partial charge >= 0.3 is 5.97 Å². The smallest absolute Gasteiger partial charge is 0.311 e. The highest BCUT2D eigenvalue weighted by molar-refractivity contribution is 7.91. The minimum absolute atomic E-state index is 0.0357. The number of sulfonamides is 1. The number of primary sulfonamides is 1. The van der Waals surface area contributed by atoms with Crippen LogP contribution < -0.4 is 5.14 Å². The number of nitrogens with two attached hydrogens (primary N) is 1. The van der Waals surface area contributed by atoms with Gasteiger partial charge in [0.25, 0.3) is 0 Å². The second-order valence-corrected chi connectivity index (χ2v) is 6.73. The van der Waals surface area contributed by atoms with E-state index in [1.807, 2.05) is 6.92 Å². The van der Waals surface area contributed by atoms with Gasteiger partial charge in [0.2, 0.25) is 10.0 Å². The molecule has 1 aromatic heterocycles. The lowest BCUT2D eigenvalue weighted by Crippen LogP contribution is -2.12. The number of rotatable bonds is 8. The van der Waals surface area contributed by atoms with Gasteiger partial charge in [-0.25, -0.2) is 13.6 Å². The summed E-state index contributed by atoms with van der Waals surface area (Å²) in [6.07, 6.45) is 0.952. The van der Waals surface area contributed by atoms with Crippen molar-refractivity contribution < 1.29 is 22.7 Å². The zero-order chi connectivity index (χ0) is 14.3. The molecule has 0 aliphatic carbocycles. The van der Waals surface area contributed by atoms with E-state index in [0.717, 1.165) is 17.8 Å². The first-order valence-electron chi connectivity index (χ1n) is 5.78. The van der Waals surface area contributed by atoms with Gasteiger partial charge in [-0.05, 0) is 18.6 Å². The molecule has 1 aromatic rings. The number of thiophene rings is 1. The molecule has 0 fully saturated rings. The SMILES string of the molecule is CCCOCCOC(=O)Cc1ccc(S(N)(=O)=O)s1. The van der Waals surface area contributed by atoms with Crippen molar-refractivity contribution >= 4 is 27.3 Å². The average Bonchev–Trinajstić information content (AvgIpc) is 2.77. The molecule has 0 spiro atoms. The van der Waals surface area contributed by atoms with Crippen LogP contribution >= 0.6 is 11.3 Å². The Morgan fingerprint density at radius 3 is 2.63 bits per heavy atom. The summed E-state index contributed by atoms with van der Waals surface area (Å²) >= 11 is 0.970. The van der Waals surface area contributed by atoms with E-state index in [1.54, 1.807) is 6.07 Å². The third-order valence-electron chi connectivity index (χ3n) is 2.08. The Labute approximate surface area is 116 Å². The molecule has 1 heterocycles. The van der Waals surface area contributed by atoms with Gasteiger partial charge in [0, 0.05) is 11.5 Å². The molecule has 6 nitrogen and oxygen atoms in total. The first-order valence-corrected chi connectivity index (χ1v) is 8.14. The van der Waals surface area contributed by atoms with Crippen molar-refractivity contribution in [3.8, 4) is 0 Å². The van der Waals surface area contributed by atoms with Gasteiger partial charge in [-0.15, -0.1) is 11.3 Å². The number of esters is 1. The largest absolute Gasteiger partial charge is 0.463 e. The Balaban J connectivity index is 2.35. The normalized spacial score (nSPS) is 11.5. The maximum Gasteiger partial charge on any atom is 0.311 e. The van der Waals surface area contributed by atoms with Gasteiger partial charge < -0.3 is 9.47 Å². The summed E-state index contributed by atoms with van der Waals surface area (Å²) in [7, 11) is -3.70. The van der Waals surface area contributed by atoms with Crippen LogP contribution in [0, 0.1) is 0 Å². The van der Waals surface area contributed by atoms with Crippen LogP contribution in [-0.2, 0) is 30.7 Å². The third-order valence-corrected chi connectivity index (χ3v) is 4.60. The molecule has 0 aliphatic rings. The molecule has 0 saturated heterocycles. The van der Waals surface area contributed by atoms with Gasteiger partial charge in [-0.3, -0.25) is 4.79 Å². The highest BCUT2D eigenvalue weighted by Gasteiger charge is 2.13. The summed E-state index contributed by atoms with van der Waals surface area (Å²) < 4.78 is 32.3. The number of carbonyl (C=O) groups is 1. The van der Waals surface area contributed by atoms with E-state index in [2.05, 4.69) is 0 Å². The summed E-state index contributed by atoms with van der Waals surface area (Å²) in [6.45, 7) is 3.20. The molecule has 8 heteroatoms. The van der Waals surface area contributed by atoms with Crippen molar-refractivity contribution in [2.45, 2.75) is 24.0 Å². The quantitative estimate of drug-likeness (QED) is 0.569. The van der Waals surface area contributed by atoms with Crippen LogP contribution in [0.3, 0.4) is 0 Å². The predicted octanol–water partition coefficient (Wildman–Crippen LogP) is 0.908. The van der Waals surface area contributed by atoms with Crippen LogP contribution in [0.25, 0.3) is 0 Å². The zero-order valence-corrected chi connectivity index (χ0v) is 12.3. The van der Waals surface area contributed by atoms with Crippen molar-refractivity contribution in [2.75, 3.05) is 19.8 Å². The molecule has 108 valence electrons. The van der Waals surface area contributed by atoms with E-state index in [1.165, 1.54) is 6.07 Å². The van der Waals surface area contributed by atoms with Crippen molar-refractivity contribution in [3.05, 3.63) is 17.0 Å². The highest BCUT2D eigenvalue weighted by atomic mass is 32.2. The average molecular weight is 307 g/mol. The molecular weight excluding hydrogens is 290 g/mol. The molecule has 19 heavy (non-hydrogen) atoms. The Morgan fingerprint density at radius 2 is 2.05 bits per heavy atom. The van der Waals surface area contributed by atoms with E-state index >= 15 is 0 Å². The van der Waals surface area contributed by atoms with E-state index in [4.69, 9.17) is 14.6 Å². The predicted molar refractivity (Wildman–Crippen MR) is 71.5 cm³/mol. The first-order chi connectivity index (χ1) is 8.93. The molecule has 1 rings (SSSR count). The van der Waals surface area contributed by atoms with E-state index in [0.29, 0.717) is 18.1 Å². The molecule has 0 aliphatic heterocycles. The molecule has 0 amide bonds. The van der Waals surface area contributed by atoms with Crippen LogP contribution in [0.2, 0.25) is 0 Å². The molecule has 0 unspecified atom stereocenters. The second kappa shape index (κ2) is 7.59. The van der Waals surface area contributed by atoms with Gasteiger partial charge in [-0.1, -0.05) is 6.92 Å². The van der Waals surface area contributed by atoms with Gasteiger partial charge in [-0.2, -0.15) is 0 Å². The van der Waals surface area contributed by atoms with E-state index in [9.17, 15) is 13.2 Å². The summed E-state index contributed by atoms with van der Waals surface area (Å²) in [6, 6.07) is 2.94. The zero-order valence-electron chi connectivity index (χ0n) is 10.6. The lowest BCUT2D eigenvalue weighted by atomic mass is 10.3. The maximum absolute atomic E-state index is 11.5. The van der Waals surface area contributed by atoms with Gasteiger partial charge in [0.05, 0.1) is 13.0 Å². The first kappa shape index (κ1) is 16.1. The third kappa shape index (κ3) is 6.15. The van der Waals surface area contributed by atoms with E-state index in [-0.39, 0.29) is 17.2 Å². The summed E-state index contributed by atoms with van der Waals surface area (Å²) in [5, 5.41) is 4.98. The number of hydrogen-bond donors (Lipinski definition) is 1. The fraction of sp³-hybridized carbons (Fsp3) is 0.545. The minimum Gasteiger partial charge on any atom is -0.463 e. The van der Waals surface area contributed by atoms with Crippen molar-refractivity contribution in [3.63, 3.8) is 0 Å². The summed E-state index contributed by atoms with van der Waals surface area (Å²) in [4.78, 5) is 12.1. The lowest BCUT2D eigenvalue weighted by Gasteiger charge is -2.04. The topological polar surface area (TPSA) is 95.7 Å². The molecule has 0 radical (unpaired) electrons. The lowest BCUT2D eigenvalue weighted by molar-refractivity contribution is -0.144. The molecule has 0 saturated carbocycles. The van der Waals surface area contributed by atoms with Crippen LogP contribution in [0.15, 0.2) is 16.3 Å². The summed E-state index contributed by atoms with van der Waals surface area (Å²) in [5.74, 6) is -0.414. The van der Waals surface area contributed by atoms with Crippen LogP contribution in [0.4, 0.5) is 0 Å².